The van der Waals surface area contributed by atoms with Crippen LogP contribution in [0.25, 0.3) is 0 Å². The summed E-state index contributed by atoms with van der Waals surface area (Å²) in [4.78, 5) is 11.4. The Hall–Kier alpha value is -1.51. The largest absolute Gasteiger partial charge is 0.481 e. The Bertz CT molecular complexity index is 470. The summed E-state index contributed by atoms with van der Waals surface area (Å²) in [6.07, 6.45) is 1.99. The van der Waals surface area contributed by atoms with Crippen molar-refractivity contribution in [2.75, 3.05) is 5.73 Å². The fourth-order valence-corrected chi connectivity index (χ4v) is 2.33. The molecular formula is C15H21NO2. The van der Waals surface area contributed by atoms with E-state index in [2.05, 4.69) is 20.8 Å². The van der Waals surface area contributed by atoms with Crippen molar-refractivity contribution in [3.63, 3.8) is 0 Å². The maximum absolute atomic E-state index is 11.4. The van der Waals surface area contributed by atoms with Gasteiger partial charge in [-0.2, -0.15) is 0 Å². The predicted molar refractivity (Wildman–Crippen MR) is 72.7 cm³/mol. The van der Waals surface area contributed by atoms with E-state index in [1.54, 1.807) is 0 Å². The molecule has 2 rings (SSSR count). The molecular weight excluding hydrogens is 226 g/mol. The zero-order valence-electron chi connectivity index (χ0n) is 11.2. The molecule has 0 aromatic heterocycles. The molecule has 0 radical (unpaired) electrons. The van der Waals surface area contributed by atoms with E-state index in [9.17, 15) is 9.90 Å². The number of nitrogen functional groups attached to an aromatic ring is 1. The van der Waals surface area contributed by atoms with E-state index >= 15 is 0 Å². The van der Waals surface area contributed by atoms with E-state index in [4.69, 9.17) is 5.73 Å². The highest BCUT2D eigenvalue weighted by Crippen LogP contribution is 2.45. The summed E-state index contributed by atoms with van der Waals surface area (Å²) in [6.45, 7) is 6.36. The molecule has 1 aliphatic rings. The fourth-order valence-electron chi connectivity index (χ4n) is 2.33. The van der Waals surface area contributed by atoms with Crippen molar-refractivity contribution in [2.45, 2.75) is 44.9 Å². The number of hydrogen-bond acceptors (Lipinski definition) is 2. The lowest BCUT2D eigenvalue weighted by molar-refractivity contribution is -0.139. The van der Waals surface area contributed by atoms with Gasteiger partial charge in [-0.05, 0) is 41.4 Å². The predicted octanol–water partition coefficient (Wildman–Crippen LogP) is 3.14. The van der Waals surface area contributed by atoms with Crippen LogP contribution in [0.15, 0.2) is 18.2 Å². The number of carboxylic acid groups (broad SMARTS) is 1. The van der Waals surface area contributed by atoms with Crippen LogP contribution >= 0.6 is 0 Å². The van der Waals surface area contributed by atoms with Gasteiger partial charge in [0.15, 0.2) is 0 Å². The zero-order chi connectivity index (χ0) is 13.5. The van der Waals surface area contributed by atoms with Crippen molar-refractivity contribution in [1.29, 1.82) is 0 Å². The van der Waals surface area contributed by atoms with Crippen molar-refractivity contribution in [2.24, 2.45) is 5.92 Å². The number of nitrogens with two attached hydrogens (primary N) is 1. The third kappa shape index (κ3) is 2.50. The molecule has 0 saturated heterocycles. The molecule has 1 aliphatic carbocycles. The molecule has 0 amide bonds. The number of carboxylic acids is 1. The first-order valence-electron chi connectivity index (χ1n) is 6.43. The van der Waals surface area contributed by atoms with Crippen molar-refractivity contribution in [3.8, 4) is 0 Å². The van der Waals surface area contributed by atoms with Crippen molar-refractivity contribution < 1.29 is 9.90 Å². The van der Waals surface area contributed by atoms with E-state index in [-0.39, 0.29) is 11.3 Å². The number of anilines is 1. The first kappa shape index (κ1) is 12.9. The van der Waals surface area contributed by atoms with Crippen LogP contribution in [0.2, 0.25) is 0 Å². The third-order valence-electron chi connectivity index (χ3n) is 3.65. The third-order valence-corrected chi connectivity index (χ3v) is 3.65. The molecule has 1 aromatic rings. The van der Waals surface area contributed by atoms with Gasteiger partial charge in [0.1, 0.15) is 0 Å². The maximum Gasteiger partial charge on any atom is 0.311 e. The van der Waals surface area contributed by atoms with Crippen molar-refractivity contribution in [1.82, 2.24) is 0 Å². The van der Waals surface area contributed by atoms with Gasteiger partial charge in [0.25, 0.3) is 0 Å². The van der Waals surface area contributed by atoms with Gasteiger partial charge in [-0.15, -0.1) is 0 Å². The average molecular weight is 247 g/mol. The lowest BCUT2D eigenvalue weighted by Gasteiger charge is -2.22. The molecule has 3 heteroatoms. The van der Waals surface area contributed by atoms with E-state index in [0.29, 0.717) is 5.69 Å². The van der Waals surface area contributed by atoms with Gasteiger partial charge in [-0.25, -0.2) is 0 Å². The summed E-state index contributed by atoms with van der Waals surface area (Å²) < 4.78 is 0. The Morgan fingerprint density at radius 3 is 2.44 bits per heavy atom. The molecule has 0 heterocycles. The Balaban J connectivity index is 2.45. The number of benzene rings is 1. The van der Waals surface area contributed by atoms with Crippen molar-refractivity contribution >= 4 is 11.7 Å². The number of hydrogen-bond donors (Lipinski definition) is 2. The van der Waals surface area contributed by atoms with Crippen LogP contribution in [0.3, 0.4) is 0 Å². The van der Waals surface area contributed by atoms with Crippen LogP contribution in [0.1, 0.15) is 50.7 Å². The highest BCUT2D eigenvalue weighted by atomic mass is 16.4. The monoisotopic (exact) mass is 247 g/mol. The molecule has 1 unspecified atom stereocenters. The van der Waals surface area contributed by atoms with Crippen LogP contribution in [0.5, 0.6) is 0 Å². The minimum Gasteiger partial charge on any atom is -0.481 e. The summed E-state index contributed by atoms with van der Waals surface area (Å²) >= 11 is 0. The maximum atomic E-state index is 11.4. The lowest BCUT2D eigenvalue weighted by atomic mass is 9.83. The number of aliphatic carboxylic acids is 1. The Kier molecular flexibility index (Phi) is 3.09. The quantitative estimate of drug-likeness (QED) is 0.806. The number of carbonyl (C=O) groups is 1. The number of rotatable bonds is 3. The Morgan fingerprint density at radius 1 is 1.39 bits per heavy atom. The molecule has 1 aromatic carbocycles. The standard InChI is InChI=1S/C15H21NO2/c1-15(2,3)10-6-7-12(16)11(8-10)13(14(17)18)9-4-5-9/h6-9,13H,4-5,16H2,1-3H3,(H,17,18). The van der Waals surface area contributed by atoms with E-state index < -0.39 is 11.9 Å². The minimum absolute atomic E-state index is 0.00898. The van der Waals surface area contributed by atoms with Crippen LogP contribution in [0.4, 0.5) is 5.69 Å². The van der Waals surface area contributed by atoms with Gasteiger partial charge < -0.3 is 10.8 Å². The molecule has 18 heavy (non-hydrogen) atoms. The SMILES string of the molecule is CC(C)(C)c1ccc(N)c(C(C(=O)O)C2CC2)c1. The normalized spacial score (nSPS) is 17.5. The second-order valence-electron chi connectivity index (χ2n) is 6.25. The Morgan fingerprint density at radius 2 is 2.00 bits per heavy atom. The summed E-state index contributed by atoms with van der Waals surface area (Å²) in [6, 6.07) is 5.81. The van der Waals surface area contributed by atoms with Gasteiger partial charge in [0.05, 0.1) is 5.92 Å². The fraction of sp³-hybridized carbons (Fsp3) is 0.533. The molecule has 1 saturated carbocycles. The summed E-state index contributed by atoms with van der Waals surface area (Å²) in [7, 11) is 0. The van der Waals surface area contributed by atoms with Crippen LogP contribution in [0, 0.1) is 5.92 Å². The van der Waals surface area contributed by atoms with Gasteiger partial charge in [0.2, 0.25) is 0 Å². The molecule has 0 bridgehead atoms. The highest BCUT2D eigenvalue weighted by Gasteiger charge is 2.38. The molecule has 3 nitrogen and oxygen atoms in total. The van der Waals surface area contributed by atoms with Crippen LogP contribution < -0.4 is 5.73 Å². The topological polar surface area (TPSA) is 63.3 Å². The first-order chi connectivity index (χ1) is 8.30. The Labute approximate surface area is 108 Å². The second kappa shape index (κ2) is 4.30. The summed E-state index contributed by atoms with van der Waals surface area (Å²) in [5.74, 6) is -0.928. The summed E-state index contributed by atoms with van der Waals surface area (Å²) in [5.41, 5.74) is 8.51. The van der Waals surface area contributed by atoms with E-state index in [1.165, 1.54) is 0 Å². The smallest absolute Gasteiger partial charge is 0.311 e. The van der Waals surface area contributed by atoms with Gasteiger partial charge in [-0.1, -0.05) is 32.9 Å². The van der Waals surface area contributed by atoms with Crippen LogP contribution in [-0.2, 0) is 10.2 Å². The lowest BCUT2D eigenvalue weighted by Crippen LogP contribution is -2.18. The minimum atomic E-state index is -0.754. The molecule has 0 aliphatic heterocycles. The van der Waals surface area contributed by atoms with Gasteiger partial charge >= 0.3 is 5.97 Å². The molecule has 98 valence electrons. The van der Waals surface area contributed by atoms with E-state index in [1.807, 2.05) is 18.2 Å². The zero-order valence-corrected chi connectivity index (χ0v) is 11.2. The van der Waals surface area contributed by atoms with Gasteiger partial charge in [-0.3, -0.25) is 4.79 Å². The molecule has 1 fully saturated rings. The summed E-state index contributed by atoms with van der Waals surface area (Å²) in [5, 5.41) is 9.40. The van der Waals surface area contributed by atoms with E-state index in [0.717, 1.165) is 24.0 Å². The second-order valence-corrected chi connectivity index (χ2v) is 6.25. The molecule has 1 atom stereocenters. The van der Waals surface area contributed by atoms with Crippen LogP contribution in [-0.4, -0.2) is 11.1 Å². The van der Waals surface area contributed by atoms with Crippen molar-refractivity contribution in [3.05, 3.63) is 29.3 Å². The average Bonchev–Trinajstić information content (AvgIpc) is 3.03. The first-order valence-corrected chi connectivity index (χ1v) is 6.43. The molecule has 0 spiro atoms. The molecule has 3 N–H and O–H groups in total. The highest BCUT2D eigenvalue weighted by molar-refractivity contribution is 5.79. The van der Waals surface area contributed by atoms with Gasteiger partial charge in [0, 0.05) is 5.69 Å².